The van der Waals surface area contributed by atoms with Gasteiger partial charge in [-0.25, -0.2) is 4.79 Å². The molecule has 0 spiro atoms. The molecule has 4 nitrogen and oxygen atoms in total. The van der Waals surface area contributed by atoms with E-state index in [1.165, 1.54) is 0 Å². The minimum atomic E-state index is -1.15. The van der Waals surface area contributed by atoms with Gasteiger partial charge in [-0.05, 0) is 34.7 Å². The lowest BCUT2D eigenvalue weighted by atomic mass is 10.3. The molecule has 1 aromatic carbocycles. The summed E-state index contributed by atoms with van der Waals surface area (Å²) in [4.78, 5) is 21.4. The summed E-state index contributed by atoms with van der Waals surface area (Å²) in [5.41, 5.74) is 0.665. The molecule has 0 aliphatic rings. The van der Waals surface area contributed by atoms with Gasteiger partial charge in [0.05, 0.1) is 5.69 Å². The summed E-state index contributed by atoms with van der Waals surface area (Å²) in [6.07, 6.45) is 1.77. The van der Waals surface area contributed by atoms with Crippen LogP contribution in [0.2, 0.25) is 0 Å². The molecular weight excluding hydrogens is 309 g/mol. The second-order valence-corrected chi connectivity index (χ2v) is 3.80. The third-order valence-corrected chi connectivity index (χ3v) is 2.45. The summed E-state index contributed by atoms with van der Waals surface area (Å²) in [5, 5.41) is 10.9. The van der Waals surface area contributed by atoms with Gasteiger partial charge < -0.3 is 10.4 Å². The lowest BCUT2D eigenvalue weighted by Crippen LogP contribution is -2.09. The van der Waals surface area contributed by atoms with Crippen molar-refractivity contribution in [1.29, 1.82) is 0 Å². The molecule has 1 aromatic rings. The van der Waals surface area contributed by atoms with Crippen LogP contribution in [0.25, 0.3) is 0 Å². The fraction of sp³-hybridized carbons (Fsp3) is 0. The number of nitrogens with one attached hydrogen (secondary N) is 1. The van der Waals surface area contributed by atoms with E-state index in [2.05, 4.69) is 27.9 Å². The molecule has 0 fully saturated rings. The number of hydrogen-bond acceptors (Lipinski definition) is 2. The Morgan fingerprint density at radius 2 is 1.93 bits per heavy atom. The van der Waals surface area contributed by atoms with E-state index in [1.54, 1.807) is 12.1 Å². The Labute approximate surface area is 100 Å². The second-order valence-electron chi connectivity index (χ2n) is 2.64. The number of carboxylic acid groups (broad SMARTS) is 1. The molecule has 2 N–H and O–H groups in total. The average Bonchev–Trinajstić information content (AvgIpc) is 2.18. The van der Waals surface area contributed by atoms with Gasteiger partial charge in [-0.1, -0.05) is 12.1 Å². The molecule has 0 radical (unpaired) electrons. The Morgan fingerprint density at radius 3 is 2.53 bits per heavy atom. The van der Waals surface area contributed by atoms with E-state index in [9.17, 15) is 9.59 Å². The highest BCUT2D eigenvalue weighted by Crippen LogP contribution is 2.16. The lowest BCUT2D eigenvalue weighted by Gasteiger charge is -2.03. The number of para-hydroxylation sites is 1. The Kier molecular flexibility index (Phi) is 4.29. The zero-order valence-corrected chi connectivity index (χ0v) is 9.76. The van der Waals surface area contributed by atoms with Crippen molar-refractivity contribution in [3.05, 3.63) is 40.0 Å². The molecule has 78 valence electrons. The number of carboxylic acids is 1. The van der Waals surface area contributed by atoms with Crippen molar-refractivity contribution < 1.29 is 14.7 Å². The first-order chi connectivity index (χ1) is 7.09. The van der Waals surface area contributed by atoms with E-state index in [0.29, 0.717) is 5.69 Å². The van der Waals surface area contributed by atoms with Crippen LogP contribution >= 0.6 is 22.6 Å². The highest BCUT2D eigenvalue weighted by molar-refractivity contribution is 14.1. The van der Waals surface area contributed by atoms with Crippen molar-refractivity contribution in [2.24, 2.45) is 0 Å². The van der Waals surface area contributed by atoms with Crippen molar-refractivity contribution in [1.82, 2.24) is 0 Å². The summed E-state index contributed by atoms with van der Waals surface area (Å²) in [7, 11) is 0. The molecule has 0 aliphatic heterocycles. The van der Waals surface area contributed by atoms with E-state index in [4.69, 9.17) is 5.11 Å². The van der Waals surface area contributed by atoms with Crippen LogP contribution < -0.4 is 5.32 Å². The molecule has 0 aromatic heterocycles. The highest BCUT2D eigenvalue weighted by atomic mass is 127. The molecule has 1 rings (SSSR count). The smallest absolute Gasteiger partial charge is 0.328 e. The maximum atomic E-state index is 11.2. The number of anilines is 1. The molecule has 15 heavy (non-hydrogen) atoms. The number of hydrogen-bond donors (Lipinski definition) is 2. The third kappa shape index (κ3) is 4.11. The molecule has 0 heterocycles. The van der Waals surface area contributed by atoms with E-state index >= 15 is 0 Å². The zero-order valence-electron chi connectivity index (χ0n) is 7.61. The third-order valence-electron chi connectivity index (χ3n) is 1.51. The predicted octanol–water partition coefficient (Wildman–Crippen LogP) is 1.87. The Hall–Kier alpha value is -1.37. The van der Waals surface area contributed by atoms with Gasteiger partial charge in [-0.2, -0.15) is 0 Å². The minimum absolute atomic E-state index is 0.457. The van der Waals surface area contributed by atoms with E-state index < -0.39 is 11.9 Å². The molecule has 0 atom stereocenters. The van der Waals surface area contributed by atoms with Gasteiger partial charge in [0, 0.05) is 15.7 Å². The SMILES string of the molecule is O=C(O)C=CC(=O)Nc1ccccc1I. The van der Waals surface area contributed by atoms with Crippen LogP contribution in [0.5, 0.6) is 0 Å². The fourth-order valence-electron chi connectivity index (χ4n) is 0.884. The zero-order chi connectivity index (χ0) is 11.3. The highest BCUT2D eigenvalue weighted by Gasteiger charge is 2.01. The molecular formula is C10H8INO3. The van der Waals surface area contributed by atoms with Gasteiger partial charge >= 0.3 is 5.97 Å². The maximum Gasteiger partial charge on any atom is 0.328 e. The molecule has 0 saturated carbocycles. The van der Waals surface area contributed by atoms with Gasteiger partial charge in [-0.15, -0.1) is 0 Å². The second kappa shape index (κ2) is 5.50. The van der Waals surface area contributed by atoms with E-state index in [-0.39, 0.29) is 0 Å². The maximum absolute atomic E-state index is 11.2. The first kappa shape index (κ1) is 11.7. The predicted molar refractivity (Wildman–Crippen MR) is 64.6 cm³/mol. The monoisotopic (exact) mass is 317 g/mol. The number of carbonyl (C=O) groups excluding carboxylic acids is 1. The number of benzene rings is 1. The topological polar surface area (TPSA) is 66.4 Å². The quantitative estimate of drug-likeness (QED) is 0.661. The number of amides is 1. The minimum Gasteiger partial charge on any atom is -0.478 e. The summed E-state index contributed by atoms with van der Waals surface area (Å²) >= 11 is 2.08. The standard InChI is InChI=1S/C10H8INO3/c11-7-3-1-2-4-8(7)12-9(13)5-6-10(14)15/h1-6H,(H,12,13)(H,14,15). The summed E-state index contributed by atoms with van der Waals surface area (Å²) in [5.74, 6) is -1.60. The van der Waals surface area contributed by atoms with Gasteiger partial charge in [0.25, 0.3) is 0 Å². The van der Waals surface area contributed by atoms with Gasteiger partial charge in [0.2, 0.25) is 5.91 Å². The van der Waals surface area contributed by atoms with Crippen LogP contribution in [0, 0.1) is 3.57 Å². The van der Waals surface area contributed by atoms with Crippen LogP contribution in [0.15, 0.2) is 36.4 Å². The first-order valence-electron chi connectivity index (χ1n) is 4.06. The van der Waals surface area contributed by atoms with Crippen molar-refractivity contribution in [2.45, 2.75) is 0 Å². The number of aliphatic carboxylic acids is 1. The van der Waals surface area contributed by atoms with Gasteiger partial charge in [0.1, 0.15) is 0 Å². The molecule has 0 aliphatic carbocycles. The molecule has 5 heteroatoms. The number of carbonyl (C=O) groups is 2. The van der Waals surface area contributed by atoms with Crippen LogP contribution in [0.1, 0.15) is 0 Å². The van der Waals surface area contributed by atoms with Crippen molar-refractivity contribution in [3.8, 4) is 0 Å². The van der Waals surface area contributed by atoms with Gasteiger partial charge in [0.15, 0.2) is 0 Å². The Bertz CT molecular complexity index is 415. The lowest BCUT2D eigenvalue weighted by molar-refractivity contribution is -0.131. The van der Waals surface area contributed by atoms with Crippen molar-refractivity contribution in [3.63, 3.8) is 0 Å². The normalized spacial score (nSPS) is 10.2. The Balaban J connectivity index is 2.67. The number of rotatable bonds is 3. The van der Waals surface area contributed by atoms with E-state index in [0.717, 1.165) is 15.7 Å². The summed E-state index contributed by atoms with van der Waals surface area (Å²) < 4.78 is 0.896. The fourth-order valence-corrected chi connectivity index (χ4v) is 1.41. The molecule has 0 unspecified atom stereocenters. The average molecular weight is 317 g/mol. The van der Waals surface area contributed by atoms with E-state index in [1.807, 2.05) is 12.1 Å². The van der Waals surface area contributed by atoms with Crippen LogP contribution in [-0.4, -0.2) is 17.0 Å². The summed E-state index contributed by atoms with van der Waals surface area (Å²) in [6.45, 7) is 0. The van der Waals surface area contributed by atoms with Crippen LogP contribution in [0.3, 0.4) is 0 Å². The largest absolute Gasteiger partial charge is 0.478 e. The van der Waals surface area contributed by atoms with Crippen LogP contribution in [0.4, 0.5) is 5.69 Å². The molecule has 1 amide bonds. The van der Waals surface area contributed by atoms with Gasteiger partial charge in [-0.3, -0.25) is 4.79 Å². The Morgan fingerprint density at radius 1 is 1.27 bits per heavy atom. The van der Waals surface area contributed by atoms with Crippen LogP contribution in [-0.2, 0) is 9.59 Å². The molecule has 0 bridgehead atoms. The number of halogens is 1. The molecule has 0 saturated heterocycles. The van der Waals surface area contributed by atoms with Crippen molar-refractivity contribution in [2.75, 3.05) is 5.32 Å². The first-order valence-corrected chi connectivity index (χ1v) is 5.14. The van der Waals surface area contributed by atoms with Crippen molar-refractivity contribution >= 4 is 40.2 Å². The summed E-state index contributed by atoms with van der Waals surface area (Å²) in [6, 6.07) is 7.23.